The summed E-state index contributed by atoms with van der Waals surface area (Å²) >= 11 is 0. The van der Waals surface area contributed by atoms with E-state index in [9.17, 15) is 14.4 Å². The van der Waals surface area contributed by atoms with Gasteiger partial charge in [-0.15, -0.1) is 0 Å². The predicted octanol–water partition coefficient (Wildman–Crippen LogP) is 2.25. The van der Waals surface area contributed by atoms with Gasteiger partial charge in [0.25, 0.3) is 5.91 Å². The van der Waals surface area contributed by atoms with Crippen molar-refractivity contribution in [2.45, 2.75) is 45.1 Å². The SMILES string of the molecule is COc1cc(NC(=O)C2CCCCC2)c(C(=O)O[C@@H](C)C(N)=O)cc1OC. The Morgan fingerprint density at radius 2 is 1.67 bits per heavy atom. The van der Waals surface area contributed by atoms with Crippen molar-refractivity contribution in [2.75, 3.05) is 19.5 Å². The van der Waals surface area contributed by atoms with Gasteiger partial charge in [-0.3, -0.25) is 9.59 Å². The summed E-state index contributed by atoms with van der Waals surface area (Å²) in [5.41, 5.74) is 5.45. The van der Waals surface area contributed by atoms with Gasteiger partial charge in [0, 0.05) is 18.1 Å². The molecule has 0 bridgehead atoms. The van der Waals surface area contributed by atoms with Crippen molar-refractivity contribution in [1.82, 2.24) is 0 Å². The third-order valence-electron chi connectivity index (χ3n) is 4.66. The maximum atomic E-state index is 12.6. The summed E-state index contributed by atoms with van der Waals surface area (Å²) in [6.07, 6.45) is 3.68. The minimum Gasteiger partial charge on any atom is -0.493 e. The smallest absolute Gasteiger partial charge is 0.341 e. The molecule has 0 aliphatic heterocycles. The van der Waals surface area contributed by atoms with E-state index in [2.05, 4.69) is 5.32 Å². The lowest BCUT2D eigenvalue weighted by Crippen LogP contribution is -2.31. The van der Waals surface area contributed by atoms with E-state index >= 15 is 0 Å². The number of esters is 1. The Morgan fingerprint density at radius 3 is 2.22 bits per heavy atom. The van der Waals surface area contributed by atoms with Gasteiger partial charge in [-0.05, 0) is 19.8 Å². The minimum atomic E-state index is -1.10. The molecular formula is C19H26N2O6. The molecule has 0 radical (unpaired) electrons. The highest BCUT2D eigenvalue weighted by Gasteiger charge is 2.26. The van der Waals surface area contributed by atoms with Crippen LogP contribution in [0.25, 0.3) is 0 Å². The topological polar surface area (TPSA) is 117 Å². The Labute approximate surface area is 158 Å². The highest BCUT2D eigenvalue weighted by Crippen LogP contribution is 2.35. The molecule has 27 heavy (non-hydrogen) atoms. The molecule has 1 aliphatic carbocycles. The van der Waals surface area contributed by atoms with E-state index in [1.54, 1.807) is 0 Å². The highest BCUT2D eigenvalue weighted by atomic mass is 16.5. The fourth-order valence-corrected chi connectivity index (χ4v) is 3.03. The van der Waals surface area contributed by atoms with Crippen molar-refractivity contribution >= 4 is 23.5 Å². The summed E-state index contributed by atoms with van der Waals surface area (Å²) < 4.78 is 15.6. The van der Waals surface area contributed by atoms with Gasteiger partial charge in [0.2, 0.25) is 5.91 Å². The van der Waals surface area contributed by atoms with E-state index in [0.717, 1.165) is 32.1 Å². The number of carbonyl (C=O) groups excluding carboxylic acids is 3. The first-order chi connectivity index (χ1) is 12.9. The van der Waals surface area contributed by atoms with Crippen molar-refractivity contribution in [2.24, 2.45) is 11.7 Å². The molecule has 0 unspecified atom stereocenters. The van der Waals surface area contributed by atoms with Gasteiger partial charge in [-0.1, -0.05) is 19.3 Å². The number of hydrogen-bond donors (Lipinski definition) is 2. The number of hydrogen-bond acceptors (Lipinski definition) is 6. The number of nitrogens with two attached hydrogens (primary N) is 1. The standard InChI is InChI=1S/C19H26N2O6/c1-11(17(20)22)27-19(24)13-9-15(25-2)16(26-3)10-14(13)21-18(23)12-7-5-4-6-8-12/h9-12H,4-8H2,1-3H3,(H2,20,22)(H,21,23)/t11-/m0/s1. The molecule has 1 aliphatic rings. The molecule has 0 spiro atoms. The normalized spacial score (nSPS) is 15.5. The average molecular weight is 378 g/mol. The quantitative estimate of drug-likeness (QED) is 0.703. The third-order valence-corrected chi connectivity index (χ3v) is 4.66. The fourth-order valence-electron chi connectivity index (χ4n) is 3.03. The Kier molecular flexibility index (Phi) is 7.04. The van der Waals surface area contributed by atoms with E-state index in [-0.39, 0.29) is 23.1 Å². The molecule has 0 heterocycles. The van der Waals surface area contributed by atoms with Crippen LogP contribution in [-0.4, -0.2) is 38.1 Å². The first kappa shape index (κ1) is 20.5. The lowest BCUT2D eigenvalue weighted by atomic mass is 9.88. The Morgan fingerprint density at radius 1 is 1.07 bits per heavy atom. The van der Waals surface area contributed by atoms with Crippen LogP contribution in [-0.2, 0) is 14.3 Å². The number of anilines is 1. The molecule has 3 N–H and O–H groups in total. The molecule has 1 fully saturated rings. The maximum absolute atomic E-state index is 12.6. The lowest BCUT2D eigenvalue weighted by Gasteiger charge is -2.22. The van der Waals surface area contributed by atoms with Crippen LogP contribution < -0.4 is 20.5 Å². The second-order valence-corrected chi connectivity index (χ2v) is 6.53. The number of benzene rings is 1. The van der Waals surface area contributed by atoms with Crippen LogP contribution in [0.2, 0.25) is 0 Å². The Balaban J connectivity index is 2.33. The van der Waals surface area contributed by atoms with Crippen molar-refractivity contribution in [3.05, 3.63) is 17.7 Å². The second kappa shape index (κ2) is 9.25. The molecule has 8 heteroatoms. The number of rotatable bonds is 7. The van der Waals surface area contributed by atoms with Crippen LogP contribution in [0.15, 0.2) is 12.1 Å². The molecule has 8 nitrogen and oxygen atoms in total. The molecule has 1 aromatic rings. The fraction of sp³-hybridized carbons (Fsp3) is 0.526. The van der Waals surface area contributed by atoms with Gasteiger partial charge in [0.05, 0.1) is 25.5 Å². The van der Waals surface area contributed by atoms with E-state index < -0.39 is 18.0 Å². The number of carbonyl (C=O) groups is 3. The average Bonchev–Trinajstić information content (AvgIpc) is 2.67. The second-order valence-electron chi connectivity index (χ2n) is 6.53. The monoisotopic (exact) mass is 378 g/mol. The van der Waals surface area contributed by atoms with Gasteiger partial charge in [0.15, 0.2) is 17.6 Å². The van der Waals surface area contributed by atoms with Crippen LogP contribution >= 0.6 is 0 Å². The number of primary amides is 1. The van der Waals surface area contributed by atoms with Gasteiger partial charge < -0.3 is 25.3 Å². The van der Waals surface area contributed by atoms with Gasteiger partial charge >= 0.3 is 5.97 Å². The van der Waals surface area contributed by atoms with E-state index in [4.69, 9.17) is 19.9 Å². The van der Waals surface area contributed by atoms with E-state index in [1.165, 1.54) is 33.3 Å². The number of nitrogens with one attached hydrogen (secondary N) is 1. The molecule has 2 rings (SSSR count). The zero-order valence-corrected chi connectivity index (χ0v) is 15.9. The summed E-state index contributed by atoms with van der Waals surface area (Å²) in [6.45, 7) is 1.38. The largest absolute Gasteiger partial charge is 0.493 e. The summed E-state index contributed by atoms with van der Waals surface area (Å²) in [5, 5.41) is 2.80. The highest BCUT2D eigenvalue weighted by molar-refractivity contribution is 6.03. The maximum Gasteiger partial charge on any atom is 0.341 e. The third kappa shape index (κ3) is 5.12. The van der Waals surface area contributed by atoms with Crippen LogP contribution in [0.5, 0.6) is 11.5 Å². The molecule has 0 aromatic heterocycles. The Bertz CT molecular complexity index is 712. The zero-order valence-electron chi connectivity index (χ0n) is 15.9. The van der Waals surface area contributed by atoms with Crippen LogP contribution in [0.1, 0.15) is 49.4 Å². The molecule has 1 atom stereocenters. The lowest BCUT2D eigenvalue weighted by molar-refractivity contribution is -0.125. The molecule has 0 saturated heterocycles. The number of amides is 2. The molecular weight excluding hydrogens is 352 g/mol. The summed E-state index contributed by atoms with van der Waals surface area (Å²) in [6, 6.07) is 2.91. The predicted molar refractivity (Wildman–Crippen MR) is 98.8 cm³/mol. The first-order valence-electron chi connectivity index (χ1n) is 8.94. The van der Waals surface area contributed by atoms with Gasteiger partial charge in [-0.2, -0.15) is 0 Å². The number of ether oxygens (including phenoxy) is 3. The molecule has 1 aromatic carbocycles. The van der Waals surface area contributed by atoms with Crippen LogP contribution in [0, 0.1) is 5.92 Å². The summed E-state index contributed by atoms with van der Waals surface area (Å²) in [4.78, 5) is 36.3. The Hall–Kier alpha value is -2.77. The molecule has 148 valence electrons. The molecule has 1 saturated carbocycles. The van der Waals surface area contributed by atoms with Crippen molar-refractivity contribution in [1.29, 1.82) is 0 Å². The molecule has 2 amide bonds. The van der Waals surface area contributed by atoms with Gasteiger partial charge in [-0.25, -0.2) is 4.79 Å². The van der Waals surface area contributed by atoms with Crippen molar-refractivity contribution in [3.8, 4) is 11.5 Å². The van der Waals surface area contributed by atoms with Crippen LogP contribution in [0.4, 0.5) is 5.69 Å². The number of methoxy groups -OCH3 is 2. The van der Waals surface area contributed by atoms with Crippen molar-refractivity contribution in [3.63, 3.8) is 0 Å². The van der Waals surface area contributed by atoms with Crippen molar-refractivity contribution < 1.29 is 28.6 Å². The van der Waals surface area contributed by atoms with Gasteiger partial charge in [0.1, 0.15) is 0 Å². The zero-order chi connectivity index (χ0) is 20.0. The summed E-state index contributed by atoms with van der Waals surface area (Å²) in [7, 11) is 2.89. The van der Waals surface area contributed by atoms with Crippen LogP contribution in [0.3, 0.4) is 0 Å². The van der Waals surface area contributed by atoms with E-state index in [0.29, 0.717) is 11.5 Å². The van der Waals surface area contributed by atoms with E-state index in [1.807, 2.05) is 0 Å². The summed E-state index contributed by atoms with van der Waals surface area (Å²) in [5.74, 6) is -1.15. The minimum absolute atomic E-state index is 0.0601. The first-order valence-corrected chi connectivity index (χ1v) is 8.94.